The van der Waals surface area contributed by atoms with Gasteiger partial charge in [-0.05, 0) is 57.8 Å². The monoisotopic (exact) mass is 1250 g/mol. The molecule has 0 aliphatic carbocycles. The van der Waals surface area contributed by atoms with Crippen molar-refractivity contribution < 1.29 is 24.5 Å². The predicted octanol–water partition coefficient (Wildman–Crippen LogP) is 27.2. The summed E-state index contributed by atoms with van der Waals surface area (Å²) in [7, 11) is 0. The Morgan fingerprint density at radius 1 is 0.315 bits per heavy atom. The molecule has 528 valence electrons. The second-order valence-corrected chi connectivity index (χ2v) is 28.5. The quantitative estimate of drug-likeness (QED) is 0.0320. The number of aliphatic hydroxyl groups is 2. The smallest absolute Gasteiger partial charge is 0.305 e. The number of nitrogens with one attached hydrogen (secondary N) is 1. The average Bonchev–Trinajstić information content (AvgIpc) is 3.58. The van der Waals surface area contributed by atoms with Crippen LogP contribution in [0.3, 0.4) is 0 Å². The van der Waals surface area contributed by atoms with Gasteiger partial charge in [-0.25, -0.2) is 0 Å². The summed E-state index contributed by atoms with van der Waals surface area (Å²) in [6.45, 7) is 4.99. The SMILES string of the molecule is CCCCCC/C=C\C/C=C\CCCCCCCCCC(=O)OCCCCCCCCCCCCCCCCCCCCCCCCCCCCCCCCCCCCCC(=O)NC(CO)C(O)CCCCCCCCCCCCCCCCCCCCC. The van der Waals surface area contributed by atoms with Gasteiger partial charge in [0, 0.05) is 12.8 Å². The zero-order chi connectivity index (χ0) is 64.2. The Kier molecular flexibility index (Phi) is 77.3. The summed E-state index contributed by atoms with van der Waals surface area (Å²) < 4.78 is 5.51. The Bertz CT molecular complexity index is 1400. The van der Waals surface area contributed by atoms with Crippen LogP contribution in [0.1, 0.15) is 470 Å². The van der Waals surface area contributed by atoms with Gasteiger partial charge in [-0.1, -0.05) is 423 Å². The predicted molar refractivity (Wildman–Crippen MR) is 393 cm³/mol. The van der Waals surface area contributed by atoms with Crippen molar-refractivity contribution >= 4 is 11.9 Å². The molecule has 0 fully saturated rings. The van der Waals surface area contributed by atoms with E-state index in [1.165, 1.54) is 385 Å². The van der Waals surface area contributed by atoms with Crippen molar-refractivity contribution in [1.29, 1.82) is 0 Å². The van der Waals surface area contributed by atoms with E-state index in [9.17, 15) is 19.8 Å². The number of hydrogen-bond donors (Lipinski definition) is 3. The minimum Gasteiger partial charge on any atom is -0.466 e. The first kappa shape index (κ1) is 87.3. The van der Waals surface area contributed by atoms with Crippen LogP contribution in [0.2, 0.25) is 0 Å². The number of allylic oxidation sites excluding steroid dienone is 4. The number of esters is 1. The van der Waals surface area contributed by atoms with Crippen molar-refractivity contribution in [1.82, 2.24) is 5.32 Å². The lowest BCUT2D eigenvalue weighted by Gasteiger charge is -2.22. The third-order valence-electron chi connectivity index (χ3n) is 19.5. The molecule has 0 saturated heterocycles. The van der Waals surface area contributed by atoms with Crippen LogP contribution in [-0.2, 0) is 14.3 Å². The van der Waals surface area contributed by atoms with Crippen molar-refractivity contribution in [2.24, 2.45) is 0 Å². The van der Waals surface area contributed by atoms with Crippen LogP contribution in [0.15, 0.2) is 24.3 Å². The van der Waals surface area contributed by atoms with E-state index in [0.717, 1.165) is 51.4 Å². The number of aliphatic hydroxyl groups excluding tert-OH is 2. The molecule has 6 heteroatoms. The Morgan fingerprint density at radius 3 is 0.865 bits per heavy atom. The maximum Gasteiger partial charge on any atom is 0.305 e. The molecular formula is C83H161NO5. The highest BCUT2D eigenvalue weighted by molar-refractivity contribution is 5.76. The minimum absolute atomic E-state index is 0.0163. The maximum absolute atomic E-state index is 12.6. The zero-order valence-corrected chi connectivity index (χ0v) is 60.7. The third-order valence-corrected chi connectivity index (χ3v) is 19.5. The maximum atomic E-state index is 12.6. The first-order chi connectivity index (χ1) is 44.0. The van der Waals surface area contributed by atoms with Gasteiger partial charge >= 0.3 is 5.97 Å². The molecule has 0 saturated carbocycles. The van der Waals surface area contributed by atoms with Crippen LogP contribution in [0.5, 0.6) is 0 Å². The summed E-state index contributed by atoms with van der Waals surface area (Å²) in [5.41, 5.74) is 0. The topological polar surface area (TPSA) is 95.9 Å². The van der Waals surface area contributed by atoms with E-state index in [4.69, 9.17) is 4.74 Å². The van der Waals surface area contributed by atoms with Gasteiger partial charge in [-0.3, -0.25) is 9.59 Å². The Hall–Kier alpha value is -1.66. The highest BCUT2D eigenvalue weighted by Crippen LogP contribution is 2.21. The van der Waals surface area contributed by atoms with Crippen LogP contribution in [0.25, 0.3) is 0 Å². The van der Waals surface area contributed by atoms with E-state index < -0.39 is 12.1 Å². The fraction of sp³-hybridized carbons (Fsp3) is 0.928. The number of rotatable bonds is 78. The summed E-state index contributed by atoms with van der Waals surface area (Å²) in [5.74, 6) is -0.00830. The molecule has 0 radical (unpaired) electrons. The van der Waals surface area contributed by atoms with Gasteiger partial charge in [0.1, 0.15) is 0 Å². The van der Waals surface area contributed by atoms with E-state index >= 15 is 0 Å². The molecule has 0 spiro atoms. The van der Waals surface area contributed by atoms with Crippen molar-refractivity contribution in [2.45, 2.75) is 482 Å². The van der Waals surface area contributed by atoms with Gasteiger partial charge in [0.15, 0.2) is 0 Å². The summed E-state index contributed by atoms with van der Waals surface area (Å²) in [5, 5.41) is 23.4. The van der Waals surface area contributed by atoms with Crippen LogP contribution >= 0.6 is 0 Å². The van der Waals surface area contributed by atoms with Crippen LogP contribution in [0.4, 0.5) is 0 Å². The third kappa shape index (κ3) is 75.3. The highest BCUT2D eigenvalue weighted by Gasteiger charge is 2.20. The number of carbonyl (C=O) groups is 2. The molecule has 0 aliphatic rings. The van der Waals surface area contributed by atoms with Gasteiger partial charge in [-0.15, -0.1) is 0 Å². The van der Waals surface area contributed by atoms with Crippen LogP contribution in [0, 0.1) is 0 Å². The Balaban J connectivity index is 3.30. The fourth-order valence-electron chi connectivity index (χ4n) is 13.3. The summed E-state index contributed by atoms with van der Waals surface area (Å²) >= 11 is 0. The largest absolute Gasteiger partial charge is 0.466 e. The van der Waals surface area contributed by atoms with Crippen molar-refractivity contribution in [3.63, 3.8) is 0 Å². The molecule has 0 rings (SSSR count). The first-order valence-electron chi connectivity index (χ1n) is 41.1. The molecule has 2 unspecified atom stereocenters. The Labute approximate surface area is 558 Å². The molecule has 0 heterocycles. The molecule has 0 aromatic heterocycles. The summed E-state index contributed by atoms with van der Waals surface area (Å²) in [4.78, 5) is 24.7. The van der Waals surface area contributed by atoms with Crippen LogP contribution in [-0.4, -0.2) is 47.4 Å². The fourth-order valence-corrected chi connectivity index (χ4v) is 13.3. The van der Waals surface area contributed by atoms with Gasteiger partial charge in [0.2, 0.25) is 5.91 Å². The summed E-state index contributed by atoms with van der Waals surface area (Å²) in [6.07, 6.45) is 101. The molecule has 89 heavy (non-hydrogen) atoms. The number of amides is 1. The van der Waals surface area contributed by atoms with E-state index in [1.807, 2.05) is 0 Å². The normalized spacial score (nSPS) is 12.5. The van der Waals surface area contributed by atoms with E-state index in [2.05, 4.69) is 43.5 Å². The minimum atomic E-state index is -0.661. The highest BCUT2D eigenvalue weighted by atomic mass is 16.5. The Morgan fingerprint density at radius 2 is 0.562 bits per heavy atom. The standard InChI is InChI=1S/C83H161NO5/c1-3-5-7-9-11-13-15-17-19-21-40-43-47-51-55-59-63-67-71-75-81(86)80(79-85)84-82(87)76-72-68-64-60-56-52-48-44-41-38-36-34-32-30-28-26-24-23-25-27-29-31-33-35-37-39-42-46-50-54-58-62-66-70-74-78-89-83(88)77-73-69-65-61-57-53-49-45-22-20-18-16-14-12-10-8-6-4-2/h14,16,20,22,80-81,85-86H,3-13,15,17-19,21,23-79H2,1-2H3,(H,84,87)/b16-14-,22-20-. The number of ether oxygens (including phenoxy) is 1. The zero-order valence-electron chi connectivity index (χ0n) is 60.7. The molecular weight excluding hydrogens is 1090 g/mol. The van der Waals surface area contributed by atoms with E-state index in [1.54, 1.807) is 0 Å². The average molecular weight is 1250 g/mol. The second kappa shape index (κ2) is 78.8. The van der Waals surface area contributed by atoms with E-state index in [-0.39, 0.29) is 18.5 Å². The van der Waals surface area contributed by atoms with Crippen molar-refractivity contribution in [3.8, 4) is 0 Å². The molecule has 6 nitrogen and oxygen atoms in total. The molecule has 1 amide bonds. The van der Waals surface area contributed by atoms with Crippen LogP contribution < -0.4 is 5.32 Å². The molecule has 0 aromatic rings. The molecule has 2 atom stereocenters. The lowest BCUT2D eigenvalue weighted by Crippen LogP contribution is -2.45. The van der Waals surface area contributed by atoms with Gasteiger partial charge in [-0.2, -0.15) is 0 Å². The molecule has 0 bridgehead atoms. The first-order valence-corrected chi connectivity index (χ1v) is 41.1. The second-order valence-electron chi connectivity index (χ2n) is 28.5. The molecule has 3 N–H and O–H groups in total. The summed E-state index contributed by atoms with van der Waals surface area (Å²) in [6, 6.07) is -0.538. The van der Waals surface area contributed by atoms with Crippen molar-refractivity contribution in [3.05, 3.63) is 24.3 Å². The number of unbranched alkanes of at least 4 members (excludes halogenated alkanes) is 63. The lowest BCUT2D eigenvalue weighted by atomic mass is 10.0. The number of hydrogen-bond acceptors (Lipinski definition) is 5. The molecule has 0 aromatic carbocycles. The van der Waals surface area contributed by atoms with E-state index in [0.29, 0.717) is 25.9 Å². The van der Waals surface area contributed by atoms with Gasteiger partial charge in [0.25, 0.3) is 0 Å². The van der Waals surface area contributed by atoms with Gasteiger partial charge in [0.05, 0.1) is 25.4 Å². The number of carbonyl (C=O) groups excluding carboxylic acids is 2. The lowest BCUT2D eigenvalue weighted by molar-refractivity contribution is -0.143. The van der Waals surface area contributed by atoms with Crippen molar-refractivity contribution in [2.75, 3.05) is 13.2 Å². The molecule has 0 aliphatic heterocycles. The van der Waals surface area contributed by atoms with Gasteiger partial charge < -0.3 is 20.3 Å².